The minimum atomic E-state index is -0.402. The lowest BCUT2D eigenvalue weighted by atomic mass is 9.78. The standard InChI is InChI=1S/C13H24O3/c1-13(2,3)16-12(15)8-10-6-4-5-7-11(10)9-14/h10-11,14H,4-9H2,1-3H3. The van der Waals surface area contributed by atoms with Crippen LogP contribution in [0.5, 0.6) is 0 Å². The number of hydrogen-bond donors (Lipinski definition) is 1. The molecule has 1 saturated carbocycles. The second-order valence-electron chi connectivity index (χ2n) is 5.78. The van der Waals surface area contributed by atoms with Crippen molar-refractivity contribution >= 4 is 5.97 Å². The van der Waals surface area contributed by atoms with Crippen LogP contribution in [0, 0.1) is 11.8 Å². The van der Waals surface area contributed by atoms with Crippen LogP contribution in [0.2, 0.25) is 0 Å². The molecule has 1 aliphatic carbocycles. The number of hydrogen-bond acceptors (Lipinski definition) is 3. The molecule has 0 amide bonds. The summed E-state index contributed by atoms with van der Waals surface area (Å²) in [5.41, 5.74) is -0.402. The van der Waals surface area contributed by atoms with E-state index >= 15 is 0 Å². The highest BCUT2D eigenvalue weighted by atomic mass is 16.6. The predicted molar refractivity (Wildman–Crippen MR) is 63.0 cm³/mol. The maximum absolute atomic E-state index is 11.7. The average molecular weight is 228 g/mol. The third-order valence-corrected chi connectivity index (χ3v) is 3.15. The molecule has 3 nitrogen and oxygen atoms in total. The minimum absolute atomic E-state index is 0.127. The molecule has 0 aliphatic heterocycles. The number of esters is 1. The van der Waals surface area contributed by atoms with Crippen LogP contribution in [0.4, 0.5) is 0 Å². The van der Waals surface area contributed by atoms with Crippen LogP contribution >= 0.6 is 0 Å². The number of aliphatic hydroxyl groups is 1. The van der Waals surface area contributed by atoms with Crippen molar-refractivity contribution in [3.63, 3.8) is 0 Å². The molecule has 1 aliphatic rings. The molecule has 94 valence electrons. The predicted octanol–water partition coefficient (Wildman–Crippen LogP) is 2.52. The molecule has 0 spiro atoms. The monoisotopic (exact) mass is 228 g/mol. The first-order valence-corrected chi connectivity index (χ1v) is 6.25. The van der Waals surface area contributed by atoms with Crippen molar-refractivity contribution in [3.05, 3.63) is 0 Å². The Hall–Kier alpha value is -0.570. The van der Waals surface area contributed by atoms with Gasteiger partial charge >= 0.3 is 5.97 Å². The summed E-state index contributed by atoms with van der Waals surface area (Å²) in [6.45, 7) is 5.85. The lowest BCUT2D eigenvalue weighted by Crippen LogP contribution is -2.29. The number of aliphatic hydroxyl groups excluding tert-OH is 1. The van der Waals surface area contributed by atoms with Gasteiger partial charge in [0.25, 0.3) is 0 Å². The van der Waals surface area contributed by atoms with Gasteiger partial charge in [0.15, 0.2) is 0 Å². The van der Waals surface area contributed by atoms with Crippen LogP contribution in [0.25, 0.3) is 0 Å². The minimum Gasteiger partial charge on any atom is -0.460 e. The summed E-state index contributed by atoms with van der Waals surface area (Å²) in [7, 11) is 0. The van der Waals surface area contributed by atoms with E-state index in [9.17, 15) is 9.90 Å². The Kier molecular flexibility index (Phi) is 4.78. The van der Waals surface area contributed by atoms with Gasteiger partial charge in [0.2, 0.25) is 0 Å². The van der Waals surface area contributed by atoms with Crippen LogP contribution in [0.15, 0.2) is 0 Å². The fourth-order valence-electron chi connectivity index (χ4n) is 2.39. The molecule has 0 radical (unpaired) electrons. The van der Waals surface area contributed by atoms with Crippen LogP contribution in [0.1, 0.15) is 52.9 Å². The molecule has 0 aromatic heterocycles. The first kappa shape index (κ1) is 13.5. The van der Waals surface area contributed by atoms with Gasteiger partial charge in [-0.2, -0.15) is 0 Å². The van der Waals surface area contributed by atoms with E-state index in [1.165, 1.54) is 12.8 Å². The zero-order valence-electron chi connectivity index (χ0n) is 10.7. The van der Waals surface area contributed by atoms with Gasteiger partial charge < -0.3 is 9.84 Å². The lowest BCUT2D eigenvalue weighted by molar-refractivity contribution is -0.156. The molecule has 0 bridgehead atoms. The quantitative estimate of drug-likeness (QED) is 0.755. The van der Waals surface area contributed by atoms with Crippen molar-refractivity contribution in [1.82, 2.24) is 0 Å². The molecule has 1 N–H and O–H groups in total. The van der Waals surface area contributed by atoms with Crippen molar-refractivity contribution in [2.75, 3.05) is 6.61 Å². The van der Waals surface area contributed by atoms with Gasteiger partial charge in [-0.15, -0.1) is 0 Å². The van der Waals surface area contributed by atoms with Crippen LogP contribution in [-0.4, -0.2) is 23.3 Å². The van der Waals surface area contributed by atoms with Gasteiger partial charge in [0.1, 0.15) is 5.60 Å². The Balaban J connectivity index is 2.42. The fraction of sp³-hybridized carbons (Fsp3) is 0.923. The van der Waals surface area contributed by atoms with E-state index in [2.05, 4.69) is 0 Å². The van der Waals surface area contributed by atoms with Gasteiger partial charge in [-0.05, 0) is 45.4 Å². The lowest BCUT2D eigenvalue weighted by Gasteiger charge is -2.30. The summed E-state index contributed by atoms with van der Waals surface area (Å²) in [6.07, 6.45) is 4.90. The normalized spacial score (nSPS) is 26.5. The summed E-state index contributed by atoms with van der Waals surface area (Å²) < 4.78 is 5.31. The Bertz CT molecular complexity index is 230. The molecule has 2 atom stereocenters. The van der Waals surface area contributed by atoms with E-state index < -0.39 is 5.60 Å². The largest absolute Gasteiger partial charge is 0.460 e. The Morgan fingerprint density at radius 1 is 1.25 bits per heavy atom. The van der Waals surface area contributed by atoms with Crippen molar-refractivity contribution < 1.29 is 14.6 Å². The molecule has 1 fully saturated rings. The third kappa shape index (κ3) is 4.52. The van der Waals surface area contributed by atoms with Gasteiger partial charge in [-0.3, -0.25) is 4.79 Å². The first-order valence-electron chi connectivity index (χ1n) is 6.25. The van der Waals surface area contributed by atoms with E-state index in [4.69, 9.17) is 4.74 Å². The second kappa shape index (κ2) is 5.67. The summed E-state index contributed by atoms with van der Waals surface area (Å²) in [5.74, 6) is 0.479. The van der Waals surface area contributed by atoms with Crippen LogP contribution in [-0.2, 0) is 9.53 Å². The Labute approximate surface area is 98.2 Å². The van der Waals surface area contributed by atoms with Crippen molar-refractivity contribution in [1.29, 1.82) is 0 Å². The third-order valence-electron chi connectivity index (χ3n) is 3.15. The SMILES string of the molecule is CC(C)(C)OC(=O)CC1CCCCC1CO. The van der Waals surface area contributed by atoms with Gasteiger partial charge in [0.05, 0.1) is 0 Å². The molecule has 2 unspecified atom stereocenters. The number of ether oxygens (including phenoxy) is 1. The smallest absolute Gasteiger partial charge is 0.306 e. The molecule has 0 aromatic carbocycles. The van der Waals surface area contributed by atoms with Crippen molar-refractivity contribution in [3.8, 4) is 0 Å². The van der Waals surface area contributed by atoms with E-state index in [0.29, 0.717) is 18.3 Å². The highest BCUT2D eigenvalue weighted by Crippen LogP contribution is 2.32. The number of carbonyl (C=O) groups is 1. The van der Waals surface area contributed by atoms with E-state index in [1.54, 1.807) is 0 Å². The summed E-state index contributed by atoms with van der Waals surface area (Å²) in [5, 5.41) is 9.25. The summed E-state index contributed by atoms with van der Waals surface area (Å²) in [6, 6.07) is 0. The van der Waals surface area contributed by atoms with Gasteiger partial charge in [0, 0.05) is 13.0 Å². The zero-order chi connectivity index (χ0) is 12.2. The van der Waals surface area contributed by atoms with Crippen molar-refractivity contribution in [2.45, 2.75) is 58.5 Å². The topological polar surface area (TPSA) is 46.5 Å². The van der Waals surface area contributed by atoms with Gasteiger partial charge in [-0.25, -0.2) is 0 Å². The van der Waals surface area contributed by atoms with E-state index in [-0.39, 0.29) is 12.6 Å². The van der Waals surface area contributed by atoms with Crippen molar-refractivity contribution in [2.24, 2.45) is 11.8 Å². The molecular weight excluding hydrogens is 204 g/mol. The highest BCUT2D eigenvalue weighted by Gasteiger charge is 2.28. The first-order chi connectivity index (χ1) is 7.42. The van der Waals surface area contributed by atoms with E-state index in [0.717, 1.165) is 12.8 Å². The van der Waals surface area contributed by atoms with Gasteiger partial charge in [-0.1, -0.05) is 12.8 Å². The zero-order valence-corrected chi connectivity index (χ0v) is 10.7. The molecule has 0 saturated heterocycles. The van der Waals surface area contributed by atoms with E-state index in [1.807, 2.05) is 20.8 Å². The molecular formula is C13H24O3. The molecule has 1 rings (SSSR count). The Morgan fingerprint density at radius 3 is 2.31 bits per heavy atom. The molecule has 0 aromatic rings. The fourth-order valence-corrected chi connectivity index (χ4v) is 2.39. The van der Waals surface area contributed by atoms with Crippen LogP contribution in [0.3, 0.4) is 0 Å². The number of rotatable bonds is 3. The average Bonchev–Trinajstić information content (AvgIpc) is 2.15. The second-order valence-corrected chi connectivity index (χ2v) is 5.78. The molecule has 0 heterocycles. The maximum Gasteiger partial charge on any atom is 0.306 e. The summed E-state index contributed by atoms with van der Waals surface area (Å²) >= 11 is 0. The molecule has 3 heteroatoms. The Morgan fingerprint density at radius 2 is 1.81 bits per heavy atom. The maximum atomic E-state index is 11.7. The van der Waals surface area contributed by atoms with Crippen LogP contribution < -0.4 is 0 Å². The number of carbonyl (C=O) groups excluding carboxylic acids is 1. The summed E-state index contributed by atoms with van der Waals surface area (Å²) in [4.78, 5) is 11.7. The highest BCUT2D eigenvalue weighted by molar-refractivity contribution is 5.70. The molecule has 16 heavy (non-hydrogen) atoms.